The molecule has 106 valence electrons. The Bertz CT molecular complexity index is 704. The molecule has 2 aromatic carbocycles. The Balaban J connectivity index is 1.92. The lowest BCUT2D eigenvalue weighted by Crippen LogP contribution is -1.97. The van der Waals surface area contributed by atoms with E-state index in [2.05, 4.69) is 52.1 Å². The van der Waals surface area contributed by atoms with Crippen molar-refractivity contribution < 1.29 is 4.42 Å². The van der Waals surface area contributed by atoms with Gasteiger partial charge in [-0.05, 0) is 36.2 Å². The number of oxazole rings is 1. The fourth-order valence-corrected chi connectivity index (χ4v) is 2.72. The highest BCUT2D eigenvalue weighted by molar-refractivity contribution is 9.10. The van der Waals surface area contributed by atoms with Gasteiger partial charge < -0.3 is 4.42 Å². The van der Waals surface area contributed by atoms with Gasteiger partial charge in [0.2, 0.25) is 5.89 Å². The summed E-state index contributed by atoms with van der Waals surface area (Å²) in [6.45, 7) is 2.17. The zero-order valence-corrected chi connectivity index (χ0v) is 13.4. The molecule has 1 aromatic heterocycles. The van der Waals surface area contributed by atoms with Gasteiger partial charge in [-0.25, -0.2) is 4.98 Å². The van der Waals surface area contributed by atoms with Gasteiger partial charge in [0.15, 0.2) is 0 Å². The summed E-state index contributed by atoms with van der Waals surface area (Å²) in [5.74, 6) is 1.84. The molecule has 0 amide bonds. The van der Waals surface area contributed by atoms with E-state index in [4.69, 9.17) is 4.42 Å². The van der Waals surface area contributed by atoms with Crippen LogP contribution in [-0.4, -0.2) is 4.98 Å². The Kier molecular flexibility index (Phi) is 4.20. The number of hydrogen-bond donors (Lipinski definition) is 0. The first-order valence-corrected chi connectivity index (χ1v) is 7.84. The van der Waals surface area contributed by atoms with Crippen molar-refractivity contribution in [2.45, 2.75) is 19.3 Å². The molecule has 3 heteroatoms. The molecule has 0 aliphatic carbocycles. The maximum atomic E-state index is 5.99. The number of benzene rings is 2. The van der Waals surface area contributed by atoms with Gasteiger partial charge in [-0.1, -0.05) is 53.2 Å². The molecule has 3 aromatic rings. The molecule has 0 aliphatic rings. The molecule has 0 radical (unpaired) electrons. The van der Waals surface area contributed by atoms with Crippen molar-refractivity contribution in [1.82, 2.24) is 4.98 Å². The highest BCUT2D eigenvalue weighted by Crippen LogP contribution is 2.31. The van der Waals surface area contributed by atoms with E-state index in [9.17, 15) is 0 Å². The van der Waals surface area contributed by atoms with Crippen LogP contribution in [0.1, 0.15) is 30.6 Å². The van der Waals surface area contributed by atoms with E-state index in [1.54, 1.807) is 0 Å². The second-order valence-corrected chi connectivity index (χ2v) is 5.86. The minimum Gasteiger partial charge on any atom is -0.441 e. The van der Waals surface area contributed by atoms with Gasteiger partial charge in [-0.2, -0.15) is 0 Å². The van der Waals surface area contributed by atoms with Crippen LogP contribution in [0.15, 0.2) is 69.7 Å². The third-order valence-corrected chi connectivity index (χ3v) is 4.10. The van der Waals surface area contributed by atoms with Crippen LogP contribution < -0.4 is 0 Å². The first-order chi connectivity index (χ1) is 10.3. The van der Waals surface area contributed by atoms with Crippen LogP contribution in [0.3, 0.4) is 0 Å². The molecule has 0 saturated carbocycles. The van der Waals surface area contributed by atoms with Crippen LogP contribution >= 0.6 is 15.9 Å². The van der Waals surface area contributed by atoms with Gasteiger partial charge in [0, 0.05) is 16.0 Å². The Labute approximate surface area is 133 Å². The van der Waals surface area contributed by atoms with Crippen molar-refractivity contribution in [3.8, 4) is 11.5 Å². The van der Waals surface area contributed by atoms with Crippen LogP contribution in [0.2, 0.25) is 0 Å². The first kappa shape index (κ1) is 14.1. The van der Waals surface area contributed by atoms with E-state index in [1.807, 2.05) is 36.5 Å². The van der Waals surface area contributed by atoms with E-state index >= 15 is 0 Å². The maximum Gasteiger partial charge on any atom is 0.226 e. The molecule has 21 heavy (non-hydrogen) atoms. The van der Waals surface area contributed by atoms with Crippen LogP contribution in [0, 0.1) is 0 Å². The Morgan fingerprint density at radius 2 is 1.76 bits per heavy atom. The number of nitrogens with zero attached hydrogens (tertiary/aromatic N) is 1. The maximum absolute atomic E-state index is 5.99. The molecule has 0 aliphatic heterocycles. The Hall–Kier alpha value is -1.87. The summed E-state index contributed by atoms with van der Waals surface area (Å²) in [5, 5.41) is 0. The molecular formula is C18H16BrNO. The SMILES string of the molecule is CCC(c1ccccc1)c1cnc(-c2ccc(Br)cc2)o1. The van der Waals surface area contributed by atoms with E-state index in [1.165, 1.54) is 5.56 Å². The molecule has 0 saturated heterocycles. The highest BCUT2D eigenvalue weighted by Gasteiger charge is 2.17. The van der Waals surface area contributed by atoms with Gasteiger partial charge in [0.1, 0.15) is 5.76 Å². The lowest BCUT2D eigenvalue weighted by atomic mass is 9.95. The normalized spacial score (nSPS) is 12.3. The van der Waals surface area contributed by atoms with Gasteiger partial charge >= 0.3 is 0 Å². The lowest BCUT2D eigenvalue weighted by Gasteiger charge is -2.11. The molecule has 0 fully saturated rings. The second kappa shape index (κ2) is 6.27. The molecule has 1 heterocycles. The highest BCUT2D eigenvalue weighted by atomic mass is 79.9. The summed E-state index contributed by atoms with van der Waals surface area (Å²) in [6.07, 6.45) is 2.83. The van der Waals surface area contributed by atoms with Gasteiger partial charge in [0.05, 0.1) is 6.20 Å². The molecule has 0 N–H and O–H groups in total. The predicted octanol–water partition coefficient (Wildman–Crippen LogP) is 5.65. The third kappa shape index (κ3) is 3.08. The van der Waals surface area contributed by atoms with Gasteiger partial charge in [-0.3, -0.25) is 0 Å². The Morgan fingerprint density at radius 3 is 2.43 bits per heavy atom. The monoisotopic (exact) mass is 341 g/mol. The number of halogens is 1. The summed E-state index contributed by atoms with van der Waals surface area (Å²) < 4.78 is 7.04. The van der Waals surface area contributed by atoms with Crippen LogP contribution in [0.5, 0.6) is 0 Å². The first-order valence-electron chi connectivity index (χ1n) is 7.04. The van der Waals surface area contributed by atoms with E-state index in [0.29, 0.717) is 5.89 Å². The summed E-state index contributed by atoms with van der Waals surface area (Å²) in [4.78, 5) is 4.43. The predicted molar refractivity (Wildman–Crippen MR) is 88.2 cm³/mol. The van der Waals surface area contributed by atoms with Crippen molar-refractivity contribution in [3.05, 3.63) is 76.6 Å². The molecular weight excluding hydrogens is 326 g/mol. The topological polar surface area (TPSA) is 26.0 Å². The molecule has 0 spiro atoms. The summed E-state index contributed by atoms with van der Waals surface area (Å²) in [6, 6.07) is 18.4. The van der Waals surface area contributed by atoms with Crippen molar-refractivity contribution in [1.29, 1.82) is 0 Å². The second-order valence-electron chi connectivity index (χ2n) is 4.95. The van der Waals surface area contributed by atoms with Crippen molar-refractivity contribution in [3.63, 3.8) is 0 Å². The Morgan fingerprint density at radius 1 is 1.05 bits per heavy atom. The summed E-state index contributed by atoms with van der Waals surface area (Å²) in [7, 11) is 0. The fourth-order valence-electron chi connectivity index (χ4n) is 2.46. The van der Waals surface area contributed by atoms with E-state index in [-0.39, 0.29) is 5.92 Å². The fraction of sp³-hybridized carbons (Fsp3) is 0.167. The van der Waals surface area contributed by atoms with Gasteiger partial charge in [0.25, 0.3) is 0 Å². The minimum atomic E-state index is 0.253. The minimum absolute atomic E-state index is 0.253. The third-order valence-electron chi connectivity index (χ3n) is 3.57. The van der Waals surface area contributed by atoms with Gasteiger partial charge in [-0.15, -0.1) is 0 Å². The average molecular weight is 342 g/mol. The zero-order chi connectivity index (χ0) is 14.7. The quantitative estimate of drug-likeness (QED) is 0.613. The summed E-state index contributed by atoms with van der Waals surface area (Å²) >= 11 is 3.44. The van der Waals surface area contributed by atoms with Crippen LogP contribution in [0.25, 0.3) is 11.5 Å². The molecule has 2 nitrogen and oxygen atoms in total. The van der Waals surface area contributed by atoms with Crippen LogP contribution in [0.4, 0.5) is 0 Å². The number of hydrogen-bond acceptors (Lipinski definition) is 2. The smallest absolute Gasteiger partial charge is 0.226 e. The zero-order valence-electron chi connectivity index (χ0n) is 11.8. The van der Waals surface area contributed by atoms with Crippen molar-refractivity contribution in [2.75, 3.05) is 0 Å². The molecule has 1 unspecified atom stereocenters. The van der Waals surface area contributed by atoms with E-state index in [0.717, 1.165) is 22.2 Å². The van der Waals surface area contributed by atoms with Crippen molar-refractivity contribution in [2.24, 2.45) is 0 Å². The standard InChI is InChI=1S/C18H16BrNO/c1-2-16(13-6-4-3-5-7-13)17-12-20-18(21-17)14-8-10-15(19)11-9-14/h3-12,16H,2H2,1H3. The molecule has 0 bridgehead atoms. The number of aromatic nitrogens is 1. The number of rotatable bonds is 4. The largest absolute Gasteiger partial charge is 0.441 e. The molecule has 1 atom stereocenters. The average Bonchev–Trinajstić information content (AvgIpc) is 2.99. The molecule has 3 rings (SSSR count). The van der Waals surface area contributed by atoms with E-state index < -0.39 is 0 Å². The summed E-state index contributed by atoms with van der Waals surface area (Å²) in [5.41, 5.74) is 2.26. The lowest BCUT2D eigenvalue weighted by molar-refractivity contribution is 0.488. The van der Waals surface area contributed by atoms with Crippen LogP contribution in [-0.2, 0) is 0 Å². The van der Waals surface area contributed by atoms with Crippen molar-refractivity contribution >= 4 is 15.9 Å².